The van der Waals surface area contributed by atoms with Gasteiger partial charge in [0.2, 0.25) is 0 Å². The van der Waals surface area contributed by atoms with Crippen molar-refractivity contribution in [2.24, 2.45) is 5.92 Å². The van der Waals surface area contributed by atoms with E-state index in [1.54, 1.807) is 24.3 Å². The summed E-state index contributed by atoms with van der Waals surface area (Å²) in [7, 11) is 0. The molecule has 3 nitrogen and oxygen atoms in total. The Hall–Kier alpha value is -1.06. The van der Waals surface area contributed by atoms with Gasteiger partial charge in [-0.2, -0.15) is 0 Å². The molecule has 0 aliphatic heterocycles. The van der Waals surface area contributed by atoms with Crippen LogP contribution >= 0.6 is 23.2 Å². The Morgan fingerprint density at radius 1 is 1.35 bits per heavy atom. The molecule has 5 heteroatoms. The molecule has 1 aromatic rings. The van der Waals surface area contributed by atoms with Crippen molar-refractivity contribution >= 4 is 35.0 Å². The van der Waals surface area contributed by atoms with Gasteiger partial charge in [0.1, 0.15) is 0 Å². The van der Waals surface area contributed by atoms with Crippen LogP contribution in [-0.2, 0) is 9.53 Å². The lowest BCUT2D eigenvalue weighted by Crippen LogP contribution is -2.49. The van der Waals surface area contributed by atoms with Crippen LogP contribution in [0.25, 0.3) is 0 Å². The van der Waals surface area contributed by atoms with Gasteiger partial charge >= 0.3 is 5.97 Å². The maximum absolute atomic E-state index is 11.6. The summed E-state index contributed by atoms with van der Waals surface area (Å²) in [6, 6.07) is 8.61. The van der Waals surface area contributed by atoms with Gasteiger partial charge in [-0.1, -0.05) is 41.4 Å². The fraction of sp³-hybridized carbons (Fsp3) is 0.333. The average molecular weight is 273 g/mol. The molecule has 1 atom stereocenters. The van der Waals surface area contributed by atoms with E-state index in [0.717, 1.165) is 0 Å². The van der Waals surface area contributed by atoms with Crippen LogP contribution in [0.5, 0.6) is 0 Å². The summed E-state index contributed by atoms with van der Waals surface area (Å²) in [6.45, 7) is 0.0620. The van der Waals surface area contributed by atoms with Gasteiger partial charge in [0.05, 0.1) is 12.2 Å². The number of halogens is 2. The van der Waals surface area contributed by atoms with Gasteiger partial charge in [-0.3, -0.25) is 4.79 Å². The summed E-state index contributed by atoms with van der Waals surface area (Å²) < 4.78 is 3.66. The predicted molar refractivity (Wildman–Crippen MR) is 64.3 cm³/mol. The minimum Gasteiger partial charge on any atom is -0.462 e. The van der Waals surface area contributed by atoms with Gasteiger partial charge in [-0.25, -0.2) is 4.79 Å². The zero-order chi connectivity index (χ0) is 12.5. The third-order valence-electron chi connectivity index (χ3n) is 2.74. The Bertz CT molecular complexity index is 442. The number of carbonyl (C=O) groups is 2. The van der Waals surface area contributed by atoms with Crippen molar-refractivity contribution in [3.05, 3.63) is 35.9 Å². The number of Topliss-reactive ketones (excluding diaryl/α,β-unsaturated/α-hetero) is 1. The maximum Gasteiger partial charge on any atom is 0.338 e. The molecule has 1 aliphatic rings. The molecule has 0 heterocycles. The van der Waals surface area contributed by atoms with Crippen LogP contribution in [0, 0.1) is 5.92 Å². The Morgan fingerprint density at radius 3 is 2.53 bits per heavy atom. The van der Waals surface area contributed by atoms with E-state index in [-0.39, 0.29) is 24.7 Å². The van der Waals surface area contributed by atoms with Crippen molar-refractivity contribution in [2.45, 2.75) is 10.8 Å². The first kappa shape index (κ1) is 12.4. The first-order valence-corrected chi connectivity index (χ1v) is 5.90. The molecule has 0 spiro atoms. The van der Waals surface area contributed by atoms with Crippen LogP contribution in [0.15, 0.2) is 30.3 Å². The van der Waals surface area contributed by atoms with Crippen molar-refractivity contribution in [1.29, 1.82) is 0 Å². The van der Waals surface area contributed by atoms with Gasteiger partial charge in [-0.05, 0) is 12.1 Å². The van der Waals surface area contributed by atoms with Crippen LogP contribution in [0.2, 0.25) is 0 Å². The lowest BCUT2D eigenvalue weighted by Gasteiger charge is -2.36. The topological polar surface area (TPSA) is 43.4 Å². The van der Waals surface area contributed by atoms with Crippen molar-refractivity contribution in [2.75, 3.05) is 6.61 Å². The lowest BCUT2D eigenvalue weighted by atomic mass is 9.83. The van der Waals surface area contributed by atoms with Crippen molar-refractivity contribution in [3.63, 3.8) is 0 Å². The predicted octanol–water partition coefficient (Wildman–Crippen LogP) is 2.61. The van der Waals surface area contributed by atoms with E-state index in [2.05, 4.69) is 0 Å². The van der Waals surface area contributed by atoms with Crippen molar-refractivity contribution < 1.29 is 14.3 Å². The fourth-order valence-electron chi connectivity index (χ4n) is 1.58. The number of ketones is 1. The molecule has 2 rings (SSSR count). The Balaban J connectivity index is 1.88. The van der Waals surface area contributed by atoms with Crippen molar-refractivity contribution in [1.82, 2.24) is 0 Å². The number of hydrogen-bond acceptors (Lipinski definition) is 3. The number of carbonyl (C=O) groups excluding carboxylic acids is 2. The molecule has 17 heavy (non-hydrogen) atoms. The first-order chi connectivity index (χ1) is 8.01. The first-order valence-electron chi connectivity index (χ1n) is 5.15. The minimum absolute atomic E-state index is 0.0620. The summed E-state index contributed by atoms with van der Waals surface area (Å²) in [5.74, 6) is -0.971. The summed E-state index contributed by atoms with van der Waals surface area (Å²) in [5, 5.41) is 0. The molecule has 0 unspecified atom stereocenters. The molecule has 1 aliphatic carbocycles. The molecule has 0 saturated heterocycles. The number of ether oxygens (including phenoxy) is 1. The smallest absolute Gasteiger partial charge is 0.338 e. The van der Waals surface area contributed by atoms with E-state index in [9.17, 15) is 9.59 Å². The number of alkyl halides is 2. The Kier molecular flexibility index (Phi) is 3.40. The van der Waals surface area contributed by atoms with Crippen LogP contribution in [-0.4, -0.2) is 22.7 Å². The second-order valence-electron chi connectivity index (χ2n) is 3.91. The molecule has 0 bridgehead atoms. The summed E-state index contributed by atoms with van der Waals surface area (Å²) >= 11 is 11.5. The molecule has 1 saturated carbocycles. The van der Waals surface area contributed by atoms with Crippen molar-refractivity contribution in [3.8, 4) is 0 Å². The second kappa shape index (κ2) is 4.67. The van der Waals surface area contributed by atoms with Gasteiger partial charge in [0.25, 0.3) is 0 Å². The van der Waals surface area contributed by atoms with E-state index in [1.807, 2.05) is 6.07 Å². The number of rotatable bonds is 3. The van der Waals surface area contributed by atoms with E-state index in [1.165, 1.54) is 0 Å². The molecule has 1 aromatic carbocycles. The molecule has 1 fully saturated rings. The monoisotopic (exact) mass is 272 g/mol. The van der Waals surface area contributed by atoms with E-state index in [4.69, 9.17) is 27.9 Å². The zero-order valence-corrected chi connectivity index (χ0v) is 10.4. The molecule has 0 amide bonds. The van der Waals surface area contributed by atoms with Crippen LogP contribution in [0.4, 0.5) is 0 Å². The van der Waals surface area contributed by atoms with Crippen LogP contribution in [0.3, 0.4) is 0 Å². The molecular formula is C12H10Cl2O3. The molecule has 0 aromatic heterocycles. The number of benzene rings is 1. The fourth-order valence-corrected chi connectivity index (χ4v) is 2.02. The van der Waals surface area contributed by atoms with E-state index in [0.29, 0.717) is 5.56 Å². The standard InChI is InChI=1S/C12H10Cl2O3/c13-12(14)9(6-10(12)15)7-17-11(16)8-4-2-1-3-5-8/h1-5,9H,6-7H2/t9-/m0/s1. The molecule has 0 N–H and O–H groups in total. The molecule has 0 radical (unpaired) electrons. The quantitative estimate of drug-likeness (QED) is 0.628. The Morgan fingerprint density at radius 2 is 2.00 bits per heavy atom. The number of hydrogen-bond donors (Lipinski definition) is 0. The SMILES string of the molecule is O=C(OC[C@@H]1CC(=O)C1(Cl)Cl)c1ccccc1. The van der Waals surface area contributed by atoms with E-state index >= 15 is 0 Å². The highest BCUT2D eigenvalue weighted by molar-refractivity contribution is 6.60. The molecule has 90 valence electrons. The van der Waals surface area contributed by atoms with Gasteiger partial charge in [0.15, 0.2) is 10.1 Å². The van der Waals surface area contributed by atoms with Gasteiger partial charge in [-0.15, -0.1) is 0 Å². The van der Waals surface area contributed by atoms with Gasteiger partial charge in [0, 0.05) is 12.3 Å². The second-order valence-corrected chi connectivity index (χ2v) is 5.30. The summed E-state index contributed by atoms with van der Waals surface area (Å²) in [6.07, 6.45) is 0.259. The zero-order valence-electron chi connectivity index (χ0n) is 8.86. The largest absolute Gasteiger partial charge is 0.462 e. The number of esters is 1. The highest BCUT2D eigenvalue weighted by Crippen LogP contribution is 2.44. The van der Waals surface area contributed by atoms with Gasteiger partial charge < -0.3 is 4.74 Å². The summed E-state index contributed by atoms with van der Waals surface area (Å²) in [5.41, 5.74) is 0.466. The van der Waals surface area contributed by atoms with E-state index < -0.39 is 10.3 Å². The van der Waals surface area contributed by atoms with Crippen LogP contribution < -0.4 is 0 Å². The Labute approximate surface area is 109 Å². The summed E-state index contributed by atoms with van der Waals surface area (Å²) in [4.78, 5) is 22.7. The minimum atomic E-state index is -1.39. The normalized spacial score (nSPS) is 21.8. The highest BCUT2D eigenvalue weighted by atomic mass is 35.5. The third-order valence-corrected chi connectivity index (χ3v) is 3.78. The average Bonchev–Trinajstić information content (AvgIpc) is 2.35. The molecular weight excluding hydrogens is 263 g/mol. The van der Waals surface area contributed by atoms with Crippen LogP contribution in [0.1, 0.15) is 16.8 Å². The lowest BCUT2D eigenvalue weighted by molar-refractivity contribution is -0.129. The highest BCUT2D eigenvalue weighted by Gasteiger charge is 2.53. The third kappa shape index (κ3) is 2.45. The maximum atomic E-state index is 11.6.